The maximum absolute atomic E-state index is 3.59. The Morgan fingerprint density at radius 2 is 1.94 bits per heavy atom. The molecule has 0 saturated heterocycles. The van der Waals surface area contributed by atoms with Gasteiger partial charge in [0.05, 0.1) is 7.57 Å². The zero-order valence-corrected chi connectivity index (χ0v) is 14.1. The van der Waals surface area contributed by atoms with E-state index in [1.165, 1.54) is 26.0 Å². The molecule has 1 nitrogen and oxygen atoms in total. The first-order valence-electron chi connectivity index (χ1n) is 5.57. The second-order valence-electron chi connectivity index (χ2n) is 4.98. The van der Waals surface area contributed by atoms with Gasteiger partial charge < -0.3 is 5.32 Å². The molecule has 0 radical (unpaired) electrons. The van der Waals surface area contributed by atoms with Crippen LogP contribution in [-0.4, -0.2) is 12.1 Å². The minimum absolute atomic E-state index is 0.242. The Hall–Kier alpha value is 0.620. The molecule has 0 aliphatic carbocycles. The van der Waals surface area contributed by atoms with E-state index in [1.807, 2.05) is 0 Å². The normalized spacial score (nSPS) is 12.1. The molecule has 0 unspecified atom stereocenters. The fraction of sp³-hybridized carbons (Fsp3) is 0.667. The van der Waals surface area contributed by atoms with Gasteiger partial charge in [-0.25, -0.2) is 0 Å². The van der Waals surface area contributed by atoms with Crippen LogP contribution in [0.25, 0.3) is 0 Å². The maximum atomic E-state index is 3.59. The van der Waals surface area contributed by atoms with Crippen LogP contribution in [0.3, 0.4) is 0 Å². The van der Waals surface area contributed by atoms with Crippen LogP contribution in [0.2, 0.25) is 0 Å². The van der Waals surface area contributed by atoms with E-state index in [-0.39, 0.29) is 5.54 Å². The summed E-state index contributed by atoms with van der Waals surface area (Å²) in [6.45, 7) is 7.73. The van der Waals surface area contributed by atoms with Crippen molar-refractivity contribution < 1.29 is 0 Å². The highest BCUT2D eigenvalue weighted by Gasteiger charge is 2.08. The first-order valence-corrected chi connectivity index (χ1v) is 7.97. The van der Waals surface area contributed by atoms with Crippen molar-refractivity contribution in [2.75, 3.05) is 6.54 Å². The second-order valence-corrected chi connectivity index (χ2v) is 8.73. The molecule has 92 valence electrons. The molecule has 1 rings (SSSR count). The molecular formula is C12H19Br2NS. The number of thiophene rings is 1. The third kappa shape index (κ3) is 5.80. The van der Waals surface area contributed by atoms with Gasteiger partial charge in [0.2, 0.25) is 0 Å². The molecule has 4 heteroatoms. The zero-order valence-electron chi connectivity index (χ0n) is 10.1. The standard InChI is InChI=1S/C12H19Br2NS/c1-12(2,3)15-7-5-4-6-9-8-10(13)16-11(9)14/h8,15H,4-7H2,1-3H3. The van der Waals surface area contributed by atoms with Crippen molar-refractivity contribution in [3.05, 3.63) is 19.2 Å². The van der Waals surface area contributed by atoms with Gasteiger partial charge in [-0.15, -0.1) is 11.3 Å². The molecule has 1 N–H and O–H groups in total. The Kier molecular flexibility index (Phi) is 5.99. The molecule has 0 spiro atoms. The van der Waals surface area contributed by atoms with Crippen LogP contribution in [0.1, 0.15) is 39.2 Å². The monoisotopic (exact) mass is 367 g/mol. The van der Waals surface area contributed by atoms with Crippen molar-refractivity contribution >= 4 is 43.2 Å². The van der Waals surface area contributed by atoms with E-state index in [0.717, 1.165) is 13.0 Å². The van der Waals surface area contributed by atoms with Gasteiger partial charge in [-0.1, -0.05) is 0 Å². The molecule has 1 aromatic heterocycles. The quantitative estimate of drug-likeness (QED) is 0.722. The Labute approximate surface area is 119 Å². The van der Waals surface area contributed by atoms with Crippen molar-refractivity contribution in [2.45, 2.75) is 45.6 Å². The number of hydrogen-bond acceptors (Lipinski definition) is 2. The van der Waals surface area contributed by atoms with Gasteiger partial charge in [0.25, 0.3) is 0 Å². The highest BCUT2D eigenvalue weighted by atomic mass is 79.9. The van der Waals surface area contributed by atoms with Crippen molar-refractivity contribution in [1.29, 1.82) is 0 Å². The predicted octanol–water partition coefficient (Wildman–Crippen LogP) is 4.98. The molecule has 0 atom stereocenters. The summed E-state index contributed by atoms with van der Waals surface area (Å²) in [4.78, 5) is 0. The Morgan fingerprint density at radius 3 is 2.44 bits per heavy atom. The van der Waals surface area contributed by atoms with E-state index in [0.29, 0.717) is 0 Å². The van der Waals surface area contributed by atoms with Crippen LogP contribution in [0.4, 0.5) is 0 Å². The zero-order chi connectivity index (χ0) is 12.2. The van der Waals surface area contributed by atoms with Gasteiger partial charge in [-0.2, -0.15) is 0 Å². The molecule has 0 aliphatic heterocycles. The summed E-state index contributed by atoms with van der Waals surface area (Å²) in [7, 11) is 0. The van der Waals surface area contributed by atoms with E-state index in [1.54, 1.807) is 11.3 Å². The lowest BCUT2D eigenvalue weighted by molar-refractivity contribution is 0.419. The third-order valence-electron chi connectivity index (χ3n) is 2.26. The SMILES string of the molecule is CC(C)(C)NCCCCc1cc(Br)sc1Br. The van der Waals surface area contributed by atoms with E-state index < -0.39 is 0 Å². The summed E-state index contributed by atoms with van der Waals surface area (Å²) in [6.07, 6.45) is 3.64. The molecule has 0 amide bonds. The second kappa shape index (κ2) is 6.53. The van der Waals surface area contributed by atoms with E-state index in [9.17, 15) is 0 Å². The summed E-state index contributed by atoms with van der Waals surface area (Å²) in [5.74, 6) is 0. The van der Waals surface area contributed by atoms with Crippen LogP contribution in [0, 0.1) is 0 Å². The van der Waals surface area contributed by atoms with Gasteiger partial charge in [0, 0.05) is 5.54 Å². The summed E-state index contributed by atoms with van der Waals surface area (Å²) in [6, 6.07) is 2.21. The summed E-state index contributed by atoms with van der Waals surface area (Å²) < 4.78 is 2.48. The molecule has 0 aromatic carbocycles. The number of halogens is 2. The Morgan fingerprint density at radius 1 is 1.25 bits per heavy atom. The minimum Gasteiger partial charge on any atom is -0.312 e. The van der Waals surface area contributed by atoms with Crippen LogP contribution in [-0.2, 0) is 6.42 Å². The molecule has 0 aliphatic rings. The first-order chi connectivity index (χ1) is 7.38. The number of aryl methyl sites for hydroxylation is 1. The van der Waals surface area contributed by atoms with Crippen LogP contribution in [0.5, 0.6) is 0 Å². The van der Waals surface area contributed by atoms with Crippen LogP contribution < -0.4 is 5.32 Å². The molecule has 1 aromatic rings. The van der Waals surface area contributed by atoms with E-state index >= 15 is 0 Å². The van der Waals surface area contributed by atoms with Gasteiger partial charge in [0.1, 0.15) is 0 Å². The smallest absolute Gasteiger partial charge is 0.0742 e. The van der Waals surface area contributed by atoms with Gasteiger partial charge in [0.15, 0.2) is 0 Å². The third-order valence-corrected chi connectivity index (χ3v) is 4.72. The van der Waals surface area contributed by atoms with Crippen molar-refractivity contribution in [3.8, 4) is 0 Å². The number of rotatable bonds is 5. The molecule has 1 heterocycles. The summed E-state index contributed by atoms with van der Waals surface area (Å²) >= 11 is 8.85. The Bertz CT molecular complexity index is 328. The molecule has 0 bridgehead atoms. The molecular weight excluding hydrogens is 350 g/mol. The summed E-state index contributed by atoms with van der Waals surface area (Å²) in [5.41, 5.74) is 1.67. The largest absolute Gasteiger partial charge is 0.312 e. The van der Waals surface area contributed by atoms with Gasteiger partial charge >= 0.3 is 0 Å². The van der Waals surface area contributed by atoms with Crippen molar-refractivity contribution in [2.24, 2.45) is 0 Å². The highest BCUT2D eigenvalue weighted by molar-refractivity contribution is 9.12. The molecule has 0 saturated carbocycles. The molecule has 16 heavy (non-hydrogen) atoms. The average Bonchev–Trinajstić information content (AvgIpc) is 2.42. The predicted molar refractivity (Wildman–Crippen MR) is 80.4 cm³/mol. The molecule has 0 fully saturated rings. The first kappa shape index (κ1) is 14.7. The fourth-order valence-electron chi connectivity index (χ4n) is 1.45. The maximum Gasteiger partial charge on any atom is 0.0742 e. The number of hydrogen-bond donors (Lipinski definition) is 1. The topological polar surface area (TPSA) is 12.0 Å². The van der Waals surface area contributed by atoms with Gasteiger partial charge in [-0.05, 0) is 90.1 Å². The fourth-order valence-corrected chi connectivity index (χ4v) is 4.36. The lowest BCUT2D eigenvalue weighted by Gasteiger charge is -2.20. The number of unbranched alkanes of at least 4 members (excludes halogenated alkanes) is 1. The van der Waals surface area contributed by atoms with E-state index in [2.05, 4.69) is 64.0 Å². The lowest BCUT2D eigenvalue weighted by Crippen LogP contribution is -2.36. The summed E-state index contributed by atoms with van der Waals surface area (Å²) in [5, 5.41) is 3.51. The van der Waals surface area contributed by atoms with E-state index in [4.69, 9.17) is 0 Å². The van der Waals surface area contributed by atoms with Crippen LogP contribution >= 0.6 is 43.2 Å². The Balaban J connectivity index is 2.19. The average molecular weight is 369 g/mol. The lowest BCUT2D eigenvalue weighted by atomic mass is 10.1. The van der Waals surface area contributed by atoms with Gasteiger partial charge in [-0.3, -0.25) is 0 Å². The van der Waals surface area contributed by atoms with Crippen molar-refractivity contribution in [3.63, 3.8) is 0 Å². The highest BCUT2D eigenvalue weighted by Crippen LogP contribution is 2.32. The minimum atomic E-state index is 0.242. The number of nitrogens with one attached hydrogen (secondary N) is 1. The van der Waals surface area contributed by atoms with Crippen LogP contribution in [0.15, 0.2) is 13.6 Å². The van der Waals surface area contributed by atoms with Crippen molar-refractivity contribution in [1.82, 2.24) is 5.32 Å².